The minimum Gasteiger partial charge on any atom is -0.399 e. The molecule has 0 spiro atoms. The Morgan fingerprint density at radius 2 is 2.43 bits per heavy atom. The maximum atomic E-state index is 5.67. The highest BCUT2D eigenvalue weighted by Gasteiger charge is 2.23. The number of nitrogens with one attached hydrogen (secondary N) is 1. The zero-order chi connectivity index (χ0) is 9.97. The van der Waals surface area contributed by atoms with Crippen LogP contribution in [0.5, 0.6) is 0 Å². The molecule has 1 unspecified atom stereocenters. The van der Waals surface area contributed by atoms with Crippen molar-refractivity contribution < 1.29 is 0 Å². The number of hydrogen-bond donors (Lipinski definition) is 2. The minimum atomic E-state index is 0.497. The van der Waals surface area contributed by atoms with E-state index in [4.69, 9.17) is 5.73 Å². The summed E-state index contributed by atoms with van der Waals surface area (Å²) < 4.78 is 0. The van der Waals surface area contributed by atoms with Crippen LogP contribution in [0.25, 0.3) is 0 Å². The predicted octanol–water partition coefficient (Wildman–Crippen LogP) is 2.26. The second kappa shape index (κ2) is 3.86. The molecule has 1 aromatic heterocycles. The molecule has 1 fully saturated rings. The molecule has 1 atom stereocenters. The number of nitrogen functional groups attached to an aromatic ring is 1. The summed E-state index contributed by atoms with van der Waals surface area (Å²) in [7, 11) is 0. The smallest absolute Gasteiger partial charge is 0.128 e. The van der Waals surface area contributed by atoms with E-state index in [1.54, 1.807) is 12.3 Å². The Bertz CT molecular complexity index is 307. The number of nitrogens with two attached hydrogens (primary N) is 1. The maximum absolute atomic E-state index is 5.67. The standard InChI is InChI=1S/C11H17N3/c1-8(6-9-2-3-9)14-11-7-10(12)4-5-13-11/h4-5,7-9H,2-3,6H2,1H3,(H3,12,13,14). The van der Waals surface area contributed by atoms with Crippen molar-refractivity contribution in [3.05, 3.63) is 18.3 Å². The largest absolute Gasteiger partial charge is 0.399 e. The second-order valence-corrected chi connectivity index (χ2v) is 4.20. The second-order valence-electron chi connectivity index (χ2n) is 4.20. The van der Waals surface area contributed by atoms with Crippen LogP contribution in [0, 0.1) is 5.92 Å². The molecule has 0 amide bonds. The van der Waals surface area contributed by atoms with Crippen molar-refractivity contribution in [1.29, 1.82) is 0 Å². The van der Waals surface area contributed by atoms with E-state index in [-0.39, 0.29) is 0 Å². The van der Waals surface area contributed by atoms with Gasteiger partial charge in [-0.05, 0) is 25.3 Å². The maximum Gasteiger partial charge on any atom is 0.128 e. The van der Waals surface area contributed by atoms with Gasteiger partial charge in [0.15, 0.2) is 0 Å². The van der Waals surface area contributed by atoms with Crippen LogP contribution in [-0.2, 0) is 0 Å². The third-order valence-corrected chi connectivity index (χ3v) is 2.56. The van der Waals surface area contributed by atoms with Gasteiger partial charge in [0, 0.05) is 24.0 Å². The van der Waals surface area contributed by atoms with Crippen molar-refractivity contribution >= 4 is 11.5 Å². The van der Waals surface area contributed by atoms with Crippen LogP contribution in [0.15, 0.2) is 18.3 Å². The fraction of sp³-hybridized carbons (Fsp3) is 0.545. The van der Waals surface area contributed by atoms with E-state index in [1.165, 1.54) is 19.3 Å². The molecule has 1 saturated carbocycles. The van der Waals surface area contributed by atoms with Gasteiger partial charge < -0.3 is 11.1 Å². The van der Waals surface area contributed by atoms with Crippen molar-refractivity contribution in [1.82, 2.24) is 4.98 Å². The lowest BCUT2D eigenvalue weighted by molar-refractivity contribution is 0.640. The summed E-state index contributed by atoms with van der Waals surface area (Å²) in [6, 6.07) is 4.18. The lowest BCUT2D eigenvalue weighted by Crippen LogP contribution is -2.16. The summed E-state index contributed by atoms with van der Waals surface area (Å²) in [5.41, 5.74) is 6.43. The van der Waals surface area contributed by atoms with Gasteiger partial charge in [-0.15, -0.1) is 0 Å². The summed E-state index contributed by atoms with van der Waals surface area (Å²) in [6.45, 7) is 2.20. The van der Waals surface area contributed by atoms with E-state index in [9.17, 15) is 0 Å². The topological polar surface area (TPSA) is 50.9 Å². The Morgan fingerprint density at radius 3 is 3.07 bits per heavy atom. The molecular formula is C11H17N3. The average Bonchev–Trinajstić information content (AvgIpc) is 2.87. The highest BCUT2D eigenvalue weighted by Crippen LogP contribution is 2.33. The van der Waals surface area contributed by atoms with Crippen molar-refractivity contribution in [3.63, 3.8) is 0 Å². The van der Waals surface area contributed by atoms with Crippen LogP contribution < -0.4 is 11.1 Å². The van der Waals surface area contributed by atoms with Gasteiger partial charge >= 0.3 is 0 Å². The Balaban J connectivity index is 1.88. The first-order valence-electron chi connectivity index (χ1n) is 5.22. The van der Waals surface area contributed by atoms with Crippen LogP contribution in [0.2, 0.25) is 0 Å². The lowest BCUT2D eigenvalue weighted by atomic mass is 10.1. The van der Waals surface area contributed by atoms with E-state index >= 15 is 0 Å². The molecule has 0 saturated heterocycles. The van der Waals surface area contributed by atoms with Crippen LogP contribution in [0.4, 0.5) is 11.5 Å². The quantitative estimate of drug-likeness (QED) is 0.767. The number of rotatable bonds is 4. The molecule has 0 aromatic carbocycles. The highest BCUT2D eigenvalue weighted by molar-refractivity contribution is 5.48. The molecule has 3 nitrogen and oxygen atoms in total. The van der Waals surface area contributed by atoms with Crippen LogP contribution in [0.3, 0.4) is 0 Å². The number of nitrogens with zero attached hydrogens (tertiary/aromatic N) is 1. The molecule has 1 heterocycles. The Morgan fingerprint density at radius 1 is 1.64 bits per heavy atom. The van der Waals surface area contributed by atoms with Gasteiger partial charge in [-0.3, -0.25) is 0 Å². The van der Waals surface area contributed by atoms with Gasteiger partial charge in [0.25, 0.3) is 0 Å². The van der Waals surface area contributed by atoms with E-state index in [2.05, 4.69) is 17.2 Å². The van der Waals surface area contributed by atoms with Gasteiger partial charge in [-0.2, -0.15) is 0 Å². The third kappa shape index (κ3) is 2.62. The molecule has 14 heavy (non-hydrogen) atoms. The summed E-state index contributed by atoms with van der Waals surface area (Å²) in [5, 5.41) is 3.36. The normalized spacial score (nSPS) is 17.8. The fourth-order valence-electron chi connectivity index (χ4n) is 1.69. The highest BCUT2D eigenvalue weighted by atomic mass is 15.0. The third-order valence-electron chi connectivity index (χ3n) is 2.56. The number of aromatic nitrogens is 1. The number of pyridine rings is 1. The van der Waals surface area contributed by atoms with Crippen LogP contribution in [-0.4, -0.2) is 11.0 Å². The fourth-order valence-corrected chi connectivity index (χ4v) is 1.69. The molecule has 0 aliphatic heterocycles. The van der Waals surface area contributed by atoms with Crippen molar-refractivity contribution in [2.24, 2.45) is 5.92 Å². The van der Waals surface area contributed by atoms with Crippen LogP contribution >= 0.6 is 0 Å². The molecule has 0 radical (unpaired) electrons. The predicted molar refractivity (Wildman–Crippen MR) is 59.1 cm³/mol. The summed E-state index contributed by atoms with van der Waals surface area (Å²) in [4.78, 5) is 4.22. The van der Waals surface area contributed by atoms with Gasteiger partial charge in [0.2, 0.25) is 0 Å². The van der Waals surface area contributed by atoms with E-state index in [0.29, 0.717) is 6.04 Å². The SMILES string of the molecule is CC(CC1CC1)Nc1cc(N)ccn1. The molecule has 1 aromatic rings. The van der Waals surface area contributed by atoms with E-state index in [0.717, 1.165) is 17.4 Å². The average molecular weight is 191 g/mol. The Labute approximate surface area is 84.7 Å². The minimum absolute atomic E-state index is 0.497. The number of hydrogen-bond acceptors (Lipinski definition) is 3. The molecule has 0 bridgehead atoms. The molecule has 1 aliphatic rings. The van der Waals surface area contributed by atoms with E-state index in [1.807, 2.05) is 6.07 Å². The molecule has 76 valence electrons. The first kappa shape index (κ1) is 9.31. The van der Waals surface area contributed by atoms with Gasteiger partial charge in [0.05, 0.1) is 0 Å². The first-order valence-corrected chi connectivity index (χ1v) is 5.22. The van der Waals surface area contributed by atoms with Gasteiger partial charge in [-0.1, -0.05) is 12.8 Å². The van der Waals surface area contributed by atoms with Crippen LogP contribution in [0.1, 0.15) is 26.2 Å². The Hall–Kier alpha value is -1.25. The monoisotopic (exact) mass is 191 g/mol. The molecule has 3 heteroatoms. The summed E-state index contributed by atoms with van der Waals surface area (Å²) in [5.74, 6) is 1.83. The molecule has 2 rings (SSSR count). The number of anilines is 2. The van der Waals surface area contributed by atoms with Gasteiger partial charge in [-0.25, -0.2) is 4.98 Å². The molecular weight excluding hydrogens is 174 g/mol. The summed E-state index contributed by atoms with van der Waals surface area (Å²) in [6.07, 6.45) is 5.78. The van der Waals surface area contributed by atoms with Gasteiger partial charge in [0.1, 0.15) is 5.82 Å². The van der Waals surface area contributed by atoms with Crippen molar-refractivity contribution in [2.75, 3.05) is 11.1 Å². The van der Waals surface area contributed by atoms with Crippen molar-refractivity contribution in [3.8, 4) is 0 Å². The zero-order valence-corrected chi connectivity index (χ0v) is 8.53. The summed E-state index contributed by atoms with van der Waals surface area (Å²) >= 11 is 0. The lowest BCUT2D eigenvalue weighted by Gasteiger charge is -2.13. The zero-order valence-electron chi connectivity index (χ0n) is 8.53. The Kier molecular flexibility index (Phi) is 2.57. The molecule has 1 aliphatic carbocycles. The van der Waals surface area contributed by atoms with E-state index < -0.39 is 0 Å². The molecule has 3 N–H and O–H groups in total. The van der Waals surface area contributed by atoms with Crippen molar-refractivity contribution in [2.45, 2.75) is 32.2 Å². The first-order chi connectivity index (χ1) is 6.74.